The van der Waals surface area contributed by atoms with E-state index in [0.717, 1.165) is 6.07 Å². The van der Waals surface area contributed by atoms with E-state index in [1.807, 2.05) is 6.92 Å². The molecule has 0 heterocycles. The maximum absolute atomic E-state index is 13.3. The summed E-state index contributed by atoms with van der Waals surface area (Å²) in [7, 11) is 1.75. The van der Waals surface area contributed by atoms with Gasteiger partial charge >= 0.3 is 0 Å². The first kappa shape index (κ1) is 15.4. The molecule has 2 aromatic rings. The van der Waals surface area contributed by atoms with Crippen molar-refractivity contribution in [3.05, 3.63) is 65.0 Å². The smallest absolute Gasteiger partial charge is 0.126 e. The van der Waals surface area contributed by atoms with Gasteiger partial charge in [-0.05, 0) is 49.9 Å². The molecular weight excluding hydrogens is 279 g/mol. The van der Waals surface area contributed by atoms with Gasteiger partial charge in [0.25, 0.3) is 0 Å². The lowest BCUT2D eigenvalue weighted by atomic mass is 10.1. The van der Waals surface area contributed by atoms with Crippen LogP contribution in [-0.4, -0.2) is 7.05 Å². The average Bonchev–Trinajstić information content (AvgIpc) is 2.44. The molecule has 0 fully saturated rings. The molecular formula is C16H16F3NO. The largest absolute Gasteiger partial charge is 0.489 e. The van der Waals surface area contributed by atoms with Crippen LogP contribution in [-0.2, 0) is 6.61 Å². The maximum Gasteiger partial charge on any atom is 0.126 e. The number of ether oxygens (including phenoxy) is 1. The van der Waals surface area contributed by atoms with E-state index in [1.165, 1.54) is 30.3 Å². The molecule has 0 saturated carbocycles. The van der Waals surface area contributed by atoms with E-state index in [0.29, 0.717) is 16.9 Å². The summed E-state index contributed by atoms with van der Waals surface area (Å²) >= 11 is 0. The molecule has 0 aliphatic carbocycles. The Morgan fingerprint density at radius 1 is 1.00 bits per heavy atom. The summed E-state index contributed by atoms with van der Waals surface area (Å²) in [5.74, 6) is -1.20. The lowest BCUT2D eigenvalue weighted by molar-refractivity contribution is 0.298. The third-order valence-electron chi connectivity index (χ3n) is 3.19. The molecule has 112 valence electrons. The van der Waals surface area contributed by atoms with Gasteiger partial charge in [-0.1, -0.05) is 0 Å². The minimum atomic E-state index is -0.656. The zero-order chi connectivity index (χ0) is 15.4. The van der Waals surface area contributed by atoms with Crippen LogP contribution in [0.2, 0.25) is 0 Å². The fourth-order valence-corrected chi connectivity index (χ4v) is 2.00. The van der Waals surface area contributed by atoms with Crippen LogP contribution >= 0.6 is 0 Å². The molecule has 0 saturated heterocycles. The van der Waals surface area contributed by atoms with E-state index in [9.17, 15) is 13.2 Å². The molecule has 0 aromatic heterocycles. The van der Waals surface area contributed by atoms with Crippen molar-refractivity contribution in [3.63, 3.8) is 0 Å². The van der Waals surface area contributed by atoms with E-state index in [4.69, 9.17) is 4.74 Å². The van der Waals surface area contributed by atoms with Gasteiger partial charge in [0, 0.05) is 17.7 Å². The fourth-order valence-electron chi connectivity index (χ4n) is 2.00. The standard InChI is InChI=1S/C16H16F3NO/c1-10(20-2)15-8-12(17)3-4-16(15)21-9-11-5-13(18)7-14(19)6-11/h3-8,10,20H,9H2,1-2H3. The Labute approximate surface area is 121 Å². The third-order valence-corrected chi connectivity index (χ3v) is 3.19. The van der Waals surface area contributed by atoms with Gasteiger partial charge in [0.2, 0.25) is 0 Å². The van der Waals surface area contributed by atoms with Crippen molar-refractivity contribution >= 4 is 0 Å². The monoisotopic (exact) mass is 295 g/mol. The third kappa shape index (κ3) is 3.98. The lowest BCUT2D eigenvalue weighted by Gasteiger charge is -2.16. The van der Waals surface area contributed by atoms with Gasteiger partial charge < -0.3 is 10.1 Å². The number of halogens is 3. The summed E-state index contributed by atoms with van der Waals surface area (Å²) in [6.45, 7) is 1.87. The summed E-state index contributed by atoms with van der Waals surface area (Å²) in [5, 5.41) is 3.00. The van der Waals surface area contributed by atoms with Crippen LogP contribution in [0.3, 0.4) is 0 Å². The molecule has 0 spiro atoms. The molecule has 0 aliphatic rings. The van der Waals surface area contributed by atoms with Gasteiger partial charge in [-0.2, -0.15) is 0 Å². The van der Waals surface area contributed by atoms with Crippen molar-refractivity contribution < 1.29 is 17.9 Å². The van der Waals surface area contributed by atoms with Crippen LogP contribution in [0.5, 0.6) is 5.75 Å². The Morgan fingerprint density at radius 3 is 2.29 bits per heavy atom. The first-order valence-electron chi connectivity index (χ1n) is 6.54. The predicted octanol–water partition coefficient (Wildman–Crippen LogP) is 3.96. The van der Waals surface area contributed by atoms with Gasteiger partial charge in [-0.25, -0.2) is 13.2 Å². The summed E-state index contributed by atoms with van der Waals surface area (Å²) < 4.78 is 45.1. The molecule has 1 atom stereocenters. The predicted molar refractivity (Wildman–Crippen MR) is 74.6 cm³/mol. The van der Waals surface area contributed by atoms with Crippen LogP contribution in [0.25, 0.3) is 0 Å². The Hall–Kier alpha value is -2.01. The van der Waals surface area contributed by atoms with E-state index < -0.39 is 11.6 Å². The van der Waals surface area contributed by atoms with Crippen molar-refractivity contribution in [2.45, 2.75) is 19.6 Å². The average molecular weight is 295 g/mol. The number of hydrogen-bond acceptors (Lipinski definition) is 2. The van der Waals surface area contributed by atoms with Crippen molar-refractivity contribution in [2.75, 3.05) is 7.05 Å². The van der Waals surface area contributed by atoms with E-state index >= 15 is 0 Å². The lowest BCUT2D eigenvalue weighted by Crippen LogP contribution is -2.14. The van der Waals surface area contributed by atoms with Crippen molar-refractivity contribution in [1.82, 2.24) is 5.32 Å². The molecule has 2 nitrogen and oxygen atoms in total. The molecule has 1 N–H and O–H groups in total. The summed E-state index contributed by atoms with van der Waals surface area (Å²) in [6, 6.07) is 7.27. The van der Waals surface area contributed by atoms with Gasteiger partial charge in [-0.3, -0.25) is 0 Å². The second kappa shape index (κ2) is 6.63. The van der Waals surface area contributed by atoms with Crippen LogP contribution in [0.1, 0.15) is 24.1 Å². The van der Waals surface area contributed by atoms with E-state index in [2.05, 4.69) is 5.32 Å². The van der Waals surface area contributed by atoms with Crippen molar-refractivity contribution in [3.8, 4) is 5.75 Å². The molecule has 1 unspecified atom stereocenters. The number of nitrogens with one attached hydrogen (secondary N) is 1. The minimum Gasteiger partial charge on any atom is -0.489 e. The summed E-state index contributed by atoms with van der Waals surface area (Å²) in [5.41, 5.74) is 1.02. The molecule has 0 aliphatic heterocycles. The highest BCUT2D eigenvalue weighted by Crippen LogP contribution is 2.26. The SMILES string of the molecule is CNC(C)c1cc(F)ccc1OCc1cc(F)cc(F)c1. The first-order chi connectivity index (χ1) is 9.99. The van der Waals surface area contributed by atoms with Crippen LogP contribution in [0.15, 0.2) is 36.4 Å². The molecule has 5 heteroatoms. The van der Waals surface area contributed by atoms with Gasteiger partial charge in [-0.15, -0.1) is 0 Å². The second-order valence-electron chi connectivity index (χ2n) is 4.76. The Kier molecular flexibility index (Phi) is 4.85. The van der Waals surface area contributed by atoms with Crippen molar-refractivity contribution in [2.24, 2.45) is 0 Å². The zero-order valence-electron chi connectivity index (χ0n) is 11.8. The molecule has 0 amide bonds. The summed E-state index contributed by atoms with van der Waals surface area (Å²) in [4.78, 5) is 0. The minimum absolute atomic E-state index is 0.00372. The Bertz CT molecular complexity index is 611. The number of hydrogen-bond donors (Lipinski definition) is 1. The highest BCUT2D eigenvalue weighted by Gasteiger charge is 2.12. The van der Waals surface area contributed by atoms with Gasteiger partial charge in [0.15, 0.2) is 0 Å². The van der Waals surface area contributed by atoms with Crippen LogP contribution in [0, 0.1) is 17.5 Å². The number of rotatable bonds is 5. The quantitative estimate of drug-likeness (QED) is 0.901. The van der Waals surface area contributed by atoms with Crippen LogP contribution < -0.4 is 10.1 Å². The molecule has 2 rings (SSSR count). The first-order valence-corrected chi connectivity index (χ1v) is 6.54. The van der Waals surface area contributed by atoms with Gasteiger partial charge in [0.1, 0.15) is 29.8 Å². The highest BCUT2D eigenvalue weighted by molar-refractivity contribution is 5.36. The normalized spacial score (nSPS) is 12.2. The Balaban J connectivity index is 2.19. The van der Waals surface area contributed by atoms with Gasteiger partial charge in [0.05, 0.1) is 0 Å². The fraction of sp³-hybridized carbons (Fsp3) is 0.250. The zero-order valence-corrected chi connectivity index (χ0v) is 11.8. The summed E-state index contributed by atoms with van der Waals surface area (Å²) in [6.07, 6.45) is 0. The molecule has 2 aromatic carbocycles. The second-order valence-corrected chi connectivity index (χ2v) is 4.76. The van der Waals surface area contributed by atoms with Crippen molar-refractivity contribution in [1.29, 1.82) is 0 Å². The van der Waals surface area contributed by atoms with E-state index in [-0.39, 0.29) is 18.5 Å². The number of benzene rings is 2. The maximum atomic E-state index is 13.3. The molecule has 0 radical (unpaired) electrons. The van der Waals surface area contributed by atoms with E-state index in [1.54, 1.807) is 7.05 Å². The van der Waals surface area contributed by atoms with Crippen LogP contribution in [0.4, 0.5) is 13.2 Å². The molecule has 21 heavy (non-hydrogen) atoms. The Morgan fingerprint density at radius 2 is 1.67 bits per heavy atom. The topological polar surface area (TPSA) is 21.3 Å². The molecule has 0 bridgehead atoms. The highest BCUT2D eigenvalue weighted by atomic mass is 19.1.